The van der Waals surface area contributed by atoms with E-state index in [-0.39, 0.29) is 0 Å². The quantitative estimate of drug-likeness (QED) is 0.156. The summed E-state index contributed by atoms with van der Waals surface area (Å²) < 4.78 is 31.5. The second-order valence-electron chi connectivity index (χ2n) is 16.9. The van der Waals surface area contributed by atoms with Crippen molar-refractivity contribution in [3.8, 4) is 22.4 Å². The predicted octanol–water partition coefficient (Wildman–Crippen LogP) is 13.4. The number of pyridine rings is 1. The first-order valence-electron chi connectivity index (χ1n) is 21.9. The minimum absolute atomic E-state index is 0.778. The molecule has 0 radical (unpaired) electrons. The van der Waals surface area contributed by atoms with E-state index in [4.69, 9.17) is 22.7 Å². The Hall–Kier alpha value is -8.13. The number of para-hydroxylation sites is 4. The molecule has 0 amide bonds. The first-order chi connectivity index (χ1) is 32.2. The fourth-order valence-corrected chi connectivity index (χ4v) is 21.0. The van der Waals surface area contributed by atoms with Crippen LogP contribution in [0.2, 0.25) is 0 Å². The monoisotopic (exact) mass is 895 g/mol. The van der Waals surface area contributed by atoms with E-state index in [1.54, 1.807) is 0 Å². The topological polar surface area (TPSA) is 65.5 Å². The Morgan fingerprint density at radius 3 is 1.28 bits per heavy atom. The van der Waals surface area contributed by atoms with Gasteiger partial charge in [0, 0.05) is 0 Å². The van der Waals surface area contributed by atoms with Gasteiger partial charge in [-0.1, -0.05) is 12.1 Å². The Bertz CT molecular complexity index is 3920. The third-order valence-corrected chi connectivity index (χ3v) is 23.6. The third kappa shape index (κ3) is 5.36. The van der Waals surface area contributed by atoms with Crippen LogP contribution in [0.1, 0.15) is 0 Å². The standard InChI is InChI=1S/C59H35GeNO4/c1-3-13-39(14-4-1)60(40-15-5-2-6-16-40,49-21-11-19-43-46-32-37(26-29-55(46)64-58(43)49)36-25-28-54-45(31-36)41-17-7-9-23-52(41)62-54)50-22-12-20-44-47-33-38(27-30-56(47)65-59(44)50)51-34-48-42-18-8-10-24-53(42)63-57(48)35-61-51/h1-35H. The minimum atomic E-state index is -4.06. The van der Waals surface area contributed by atoms with E-state index in [0.717, 1.165) is 110 Å². The first-order valence-corrected chi connectivity index (χ1v) is 26.1. The van der Waals surface area contributed by atoms with Crippen LogP contribution >= 0.6 is 0 Å². The van der Waals surface area contributed by atoms with Crippen molar-refractivity contribution in [2.75, 3.05) is 0 Å². The SMILES string of the molecule is c1cc[c]([Ge]([c]2ccccc2)([c]2cccc3c2oc2ccc(-c4ccc5oc6ccccc6c5c4)cc23)[c]2cccc3c2oc2ccc(-c4cc5c(cn4)oc4ccccc45)cc23)cc1. The first kappa shape index (κ1) is 36.4. The Morgan fingerprint density at radius 2 is 0.708 bits per heavy atom. The van der Waals surface area contributed by atoms with Gasteiger partial charge in [-0.25, -0.2) is 0 Å². The number of aromatic nitrogens is 1. The van der Waals surface area contributed by atoms with Gasteiger partial charge in [0.2, 0.25) is 0 Å². The summed E-state index contributed by atoms with van der Waals surface area (Å²) in [5, 5.41) is 8.65. The zero-order chi connectivity index (χ0) is 42.6. The van der Waals surface area contributed by atoms with Crippen LogP contribution in [-0.4, -0.2) is 18.3 Å². The van der Waals surface area contributed by atoms with Crippen molar-refractivity contribution in [2.45, 2.75) is 0 Å². The average Bonchev–Trinajstić information content (AvgIpc) is 4.15. The molecule has 0 aliphatic carbocycles. The molecule has 9 aromatic carbocycles. The molecule has 5 heterocycles. The Morgan fingerprint density at radius 1 is 0.292 bits per heavy atom. The van der Waals surface area contributed by atoms with Crippen molar-refractivity contribution in [1.29, 1.82) is 0 Å². The van der Waals surface area contributed by atoms with Crippen LogP contribution in [0.25, 0.3) is 110 Å². The fourth-order valence-electron chi connectivity index (χ4n) is 10.5. The number of hydrogen-bond donors (Lipinski definition) is 0. The van der Waals surface area contributed by atoms with Crippen molar-refractivity contribution in [3.63, 3.8) is 0 Å². The van der Waals surface area contributed by atoms with E-state index in [1.165, 1.54) is 17.6 Å². The Balaban J connectivity index is 0.993. The van der Waals surface area contributed by atoms with Crippen LogP contribution < -0.4 is 17.6 Å². The molecule has 0 aliphatic rings. The summed E-state index contributed by atoms with van der Waals surface area (Å²) in [6.07, 6.45) is 1.84. The van der Waals surface area contributed by atoms with Gasteiger partial charge in [0.05, 0.1) is 0 Å². The summed E-state index contributed by atoms with van der Waals surface area (Å²) in [4.78, 5) is 4.88. The summed E-state index contributed by atoms with van der Waals surface area (Å²) in [7, 11) is 0. The average molecular weight is 895 g/mol. The van der Waals surface area contributed by atoms with Crippen LogP contribution in [0.5, 0.6) is 0 Å². The molecular formula is C59H35GeNO4. The van der Waals surface area contributed by atoms with Gasteiger partial charge in [-0.05, 0) is 0 Å². The molecule has 5 aromatic heterocycles. The van der Waals surface area contributed by atoms with Gasteiger partial charge < -0.3 is 0 Å². The van der Waals surface area contributed by atoms with Crippen LogP contribution in [0, 0.1) is 0 Å². The van der Waals surface area contributed by atoms with Gasteiger partial charge in [0.25, 0.3) is 0 Å². The second-order valence-corrected chi connectivity index (χ2v) is 24.8. The van der Waals surface area contributed by atoms with Gasteiger partial charge in [0.1, 0.15) is 0 Å². The molecule has 0 spiro atoms. The number of benzene rings is 9. The second kappa shape index (κ2) is 13.9. The maximum absolute atomic E-state index is 7.14. The van der Waals surface area contributed by atoms with Crippen molar-refractivity contribution >= 4 is 119 Å². The molecular weight excluding hydrogens is 859 g/mol. The molecule has 304 valence electrons. The Labute approximate surface area is 374 Å². The van der Waals surface area contributed by atoms with Gasteiger partial charge >= 0.3 is 364 Å². The predicted molar refractivity (Wildman–Crippen MR) is 268 cm³/mol. The molecule has 0 saturated heterocycles. The van der Waals surface area contributed by atoms with Crippen LogP contribution in [0.15, 0.2) is 230 Å². The van der Waals surface area contributed by atoms with Crippen molar-refractivity contribution in [2.24, 2.45) is 0 Å². The summed E-state index contributed by atoms with van der Waals surface area (Å²) >= 11 is -4.06. The van der Waals surface area contributed by atoms with Crippen LogP contribution in [0.4, 0.5) is 0 Å². The van der Waals surface area contributed by atoms with Gasteiger partial charge in [0.15, 0.2) is 0 Å². The van der Waals surface area contributed by atoms with E-state index >= 15 is 0 Å². The molecule has 6 heteroatoms. The van der Waals surface area contributed by atoms with Gasteiger partial charge in [-0.2, -0.15) is 0 Å². The van der Waals surface area contributed by atoms with Crippen molar-refractivity contribution < 1.29 is 17.7 Å². The molecule has 0 unspecified atom stereocenters. The molecule has 65 heavy (non-hydrogen) atoms. The van der Waals surface area contributed by atoms with Crippen molar-refractivity contribution in [1.82, 2.24) is 4.98 Å². The molecule has 0 bridgehead atoms. The van der Waals surface area contributed by atoms with E-state index in [9.17, 15) is 0 Å². The zero-order valence-electron chi connectivity index (χ0n) is 34.8. The normalized spacial score (nSPS) is 12.3. The number of furan rings is 4. The molecule has 14 rings (SSSR count). The molecule has 0 fully saturated rings. The van der Waals surface area contributed by atoms with Gasteiger partial charge in [-0.3, -0.25) is 0 Å². The zero-order valence-corrected chi connectivity index (χ0v) is 36.9. The molecule has 0 atom stereocenters. The number of fused-ring (bicyclic) bond motifs is 12. The molecule has 14 aromatic rings. The van der Waals surface area contributed by atoms with Crippen LogP contribution in [-0.2, 0) is 0 Å². The molecule has 0 N–H and O–H groups in total. The van der Waals surface area contributed by atoms with Gasteiger partial charge in [-0.15, -0.1) is 0 Å². The third-order valence-electron chi connectivity index (χ3n) is 13.5. The molecule has 0 saturated carbocycles. The summed E-state index contributed by atoms with van der Waals surface area (Å²) in [6.45, 7) is 0. The fraction of sp³-hybridized carbons (Fsp3) is 0. The molecule has 0 aliphatic heterocycles. The van der Waals surface area contributed by atoms with E-state index in [1.807, 2.05) is 36.5 Å². The number of rotatable bonds is 6. The molecule has 5 nitrogen and oxygen atoms in total. The van der Waals surface area contributed by atoms with Crippen LogP contribution in [0.3, 0.4) is 0 Å². The number of hydrogen-bond acceptors (Lipinski definition) is 5. The van der Waals surface area contributed by atoms with E-state index < -0.39 is 13.3 Å². The van der Waals surface area contributed by atoms with E-state index in [2.05, 4.69) is 176 Å². The summed E-state index contributed by atoms with van der Waals surface area (Å²) in [5.74, 6) is 0. The Kier molecular flexibility index (Phi) is 7.80. The number of nitrogens with zero attached hydrogens (tertiary/aromatic N) is 1. The summed E-state index contributed by atoms with van der Waals surface area (Å²) in [6, 6.07) is 73.6. The van der Waals surface area contributed by atoms with E-state index in [0.29, 0.717) is 0 Å². The summed E-state index contributed by atoms with van der Waals surface area (Å²) in [5.41, 5.74) is 11.1. The van der Waals surface area contributed by atoms with Crippen molar-refractivity contribution in [3.05, 3.63) is 212 Å². The maximum atomic E-state index is 7.14.